The van der Waals surface area contributed by atoms with Crippen LogP contribution in [0.1, 0.15) is 18.4 Å². The highest BCUT2D eigenvalue weighted by molar-refractivity contribution is 7.88. The van der Waals surface area contributed by atoms with Crippen LogP contribution in [0.15, 0.2) is 54.0 Å². The molecule has 1 amide bonds. The van der Waals surface area contributed by atoms with Crippen molar-refractivity contribution in [2.24, 2.45) is 5.92 Å². The van der Waals surface area contributed by atoms with Gasteiger partial charge < -0.3 is 4.90 Å². The maximum atomic E-state index is 13.1. The van der Waals surface area contributed by atoms with E-state index in [1.807, 2.05) is 65.8 Å². The standard InChI is InChI=1S/C22H26N4O3S2/c1-24(22(27)17-10-12-25(13-11-17)31(2,28)29)15-18-16-26(19-7-4-3-5-8-19)23-21(18)20-9-6-14-30-20/h3-9,14,16-17H,10-13,15H2,1-2H3. The number of sulfonamides is 1. The van der Waals surface area contributed by atoms with E-state index >= 15 is 0 Å². The summed E-state index contributed by atoms with van der Waals surface area (Å²) in [6.45, 7) is 1.25. The Kier molecular flexibility index (Phi) is 6.27. The fourth-order valence-electron chi connectivity index (χ4n) is 3.94. The Morgan fingerprint density at radius 2 is 1.87 bits per heavy atom. The van der Waals surface area contributed by atoms with Crippen molar-refractivity contribution in [3.05, 3.63) is 59.6 Å². The van der Waals surface area contributed by atoms with Crippen molar-refractivity contribution in [2.75, 3.05) is 26.4 Å². The predicted molar refractivity (Wildman–Crippen MR) is 122 cm³/mol. The molecule has 3 aromatic rings. The number of para-hydroxylation sites is 1. The van der Waals surface area contributed by atoms with E-state index in [1.54, 1.807) is 16.2 Å². The van der Waals surface area contributed by atoms with E-state index in [9.17, 15) is 13.2 Å². The van der Waals surface area contributed by atoms with E-state index in [1.165, 1.54) is 10.6 Å². The van der Waals surface area contributed by atoms with Crippen molar-refractivity contribution in [2.45, 2.75) is 19.4 Å². The molecule has 2 aromatic heterocycles. The number of piperidine rings is 1. The number of rotatable bonds is 6. The van der Waals surface area contributed by atoms with Crippen molar-refractivity contribution in [1.82, 2.24) is 19.0 Å². The fraction of sp³-hybridized carbons (Fsp3) is 0.364. The van der Waals surface area contributed by atoms with Crippen molar-refractivity contribution < 1.29 is 13.2 Å². The van der Waals surface area contributed by atoms with Crippen LogP contribution in [0.25, 0.3) is 16.3 Å². The average Bonchev–Trinajstić information content (AvgIpc) is 3.43. The molecule has 0 bridgehead atoms. The Hall–Kier alpha value is -2.49. The minimum atomic E-state index is -3.20. The Balaban J connectivity index is 1.52. The average molecular weight is 459 g/mol. The number of hydrogen-bond donors (Lipinski definition) is 0. The summed E-state index contributed by atoms with van der Waals surface area (Å²) in [6.07, 6.45) is 4.31. The van der Waals surface area contributed by atoms with E-state index in [4.69, 9.17) is 5.10 Å². The third kappa shape index (κ3) is 4.89. The van der Waals surface area contributed by atoms with Crippen LogP contribution >= 0.6 is 11.3 Å². The monoisotopic (exact) mass is 458 g/mol. The molecule has 31 heavy (non-hydrogen) atoms. The lowest BCUT2D eigenvalue weighted by Crippen LogP contribution is -2.42. The second kappa shape index (κ2) is 8.94. The molecular weight excluding hydrogens is 432 g/mol. The molecule has 4 rings (SSSR count). The van der Waals surface area contributed by atoms with Gasteiger partial charge in [0.05, 0.1) is 16.8 Å². The third-order valence-corrected chi connectivity index (χ3v) is 7.80. The first kappa shape index (κ1) is 21.7. The van der Waals surface area contributed by atoms with E-state index < -0.39 is 10.0 Å². The molecule has 9 heteroatoms. The first-order valence-electron chi connectivity index (χ1n) is 10.2. The normalized spacial score (nSPS) is 15.8. The molecular formula is C22H26N4O3S2. The number of nitrogens with zero attached hydrogens (tertiary/aromatic N) is 4. The highest BCUT2D eigenvalue weighted by Gasteiger charge is 2.31. The van der Waals surface area contributed by atoms with Crippen LogP contribution in [-0.2, 0) is 21.4 Å². The number of carbonyl (C=O) groups is 1. The van der Waals surface area contributed by atoms with E-state index in [-0.39, 0.29) is 11.8 Å². The number of benzene rings is 1. The van der Waals surface area contributed by atoms with Gasteiger partial charge in [0.15, 0.2) is 0 Å². The first-order valence-corrected chi connectivity index (χ1v) is 12.9. The molecule has 164 valence electrons. The van der Waals surface area contributed by atoms with E-state index in [2.05, 4.69) is 0 Å². The van der Waals surface area contributed by atoms with Crippen LogP contribution in [0.4, 0.5) is 0 Å². The Bertz CT molecular complexity index is 1130. The molecule has 0 N–H and O–H groups in total. The summed E-state index contributed by atoms with van der Waals surface area (Å²) in [4.78, 5) is 15.9. The second-order valence-electron chi connectivity index (χ2n) is 7.89. The maximum absolute atomic E-state index is 13.1. The van der Waals surface area contributed by atoms with Gasteiger partial charge in [0.2, 0.25) is 15.9 Å². The van der Waals surface area contributed by atoms with Gasteiger partial charge in [0.1, 0.15) is 5.69 Å². The minimum absolute atomic E-state index is 0.0535. The third-order valence-electron chi connectivity index (χ3n) is 5.62. The van der Waals surface area contributed by atoms with Crippen molar-refractivity contribution in [3.63, 3.8) is 0 Å². The van der Waals surface area contributed by atoms with Gasteiger partial charge in [-0.3, -0.25) is 4.79 Å². The summed E-state index contributed by atoms with van der Waals surface area (Å²) >= 11 is 1.62. The smallest absolute Gasteiger partial charge is 0.225 e. The van der Waals surface area contributed by atoms with Gasteiger partial charge in [-0.25, -0.2) is 17.4 Å². The SMILES string of the molecule is CN(Cc1cn(-c2ccccc2)nc1-c1cccs1)C(=O)C1CCN(S(C)(=O)=O)CC1. The number of amides is 1. The quantitative estimate of drug-likeness (QED) is 0.568. The summed E-state index contributed by atoms with van der Waals surface area (Å²) in [7, 11) is -1.39. The Morgan fingerprint density at radius 1 is 1.16 bits per heavy atom. The molecule has 0 radical (unpaired) electrons. The van der Waals surface area contributed by atoms with Gasteiger partial charge in [-0.15, -0.1) is 11.3 Å². The van der Waals surface area contributed by atoms with Gasteiger partial charge in [-0.05, 0) is 36.4 Å². The molecule has 1 aliphatic heterocycles. The molecule has 1 aliphatic rings. The van der Waals surface area contributed by atoms with Crippen LogP contribution in [-0.4, -0.2) is 59.7 Å². The number of aromatic nitrogens is 2. The summed E-state index contributed by atoms with van der Waals surface area (Å²) < 4.78 is 26.8. The highest BCUT2D eigenvalue weighted by Crippen LogP contribution is 2.29. The summed E-state index contributed by atoms with van der Waals surface area (Å²) in [5, 5.41) is 6.82. The second-order valence-corrected chi connectivity index (χ2v) is 10.8. The van der Waals surface area contributed by atoms with Crippen molar-refractivity contribution in [3.8, 4) is 16.3 Å². The minimum Gasteiger partial charge on any atom is -0.341 e. The number of thiophene rings is 1. The molecule has 7 nitrogen and oxygen atoms in total. The van der Waals surface area contributed by atoms with Crippen molar-refractivity contribution in [1.29, 1.82) is 0 Å². The van der Waals surface area contributed by atoms with Crippen LogP contribution in [0.3, 0.4) is 0 Å². The molecule has 0 atom stereocenters. The molecule has 0 saturated carbocycles. The Labute approximate surface area is 187 Å². The summed E-state index contributed by atoms with van der Waals surface area (Å²) in [6, 6.07) is 13.9. The molecule has 0 spiro atoms. The molecule has 0 unspecified atom stereocenters. The largest absolute Gasteiger partial charge is 0.341 e. The maximum Gasteiger partial charge on any atom is 0.225 e. The summed E-state index contributed by atoms with van der Waals surface area (Å²) in [5.41, 5.74) is 2.83. The predicted octanol–water partition coefficient (Wildman–Crippen LogP) is 3.23. The summed E-state index contributed by atoms with van der Waals surface area (Å²) in [5.74, 6) is -0.102. The van der Waals surface area contributed by atoms with Crippen molar-refractivity contribution >= 4 is 27.3 Å². The highest BCUT2D eigenvalue weighted by atomic mass is 32.2. The molecule has 1 fully saturated rings. The van der Waals surface area contributed by atoms with Crippen LogP contribution in [0.2, 0.25) is 0 Å². The van der Waals surface area contributed by atoms with Crippen LogP contribution in [0, 0.1) is 5.92 Å². The lowest BCUT2D eigenvalue weighted by atomic mass is 9.96. The molecule has 1 saturated heterocycles. The topological polar surface area (TPSA) is 75.5 Å². The van der Waals surface area contributed by atoms with Gasteiger partial charge in [0, 0.05) is 44.4 Å². The fourth-order valence-corrected chi connectivity index (χ4v) is 5.56. The zero-order valence-corrected chi connectivity index (χ0v) is 19.3. The van der Waals surface area contributed by atoms with Gasteiger partial charge in [-0.1, -0.05) is 24.3 Å². The lowest BCUT2D eigenvalue weighted by molar-refractivity contribution is -0.135. The van der Waals surface area contributed by atoms with Gasteiger partial charge in [-0.2, -0.15) is 5.10 Å². The zero-order chi connectivity index (χ0) is 22.0. The van der Waals surface area contributed by atoms with Crippen LogP contribution < -0.4 is 0 Å². The molecule has 3 heterocycles. The number of carbonyl (C=O) groups excluding carboxylic acids is 1. The molecule has 0 aliphatic carbocycles. The van der Waals surface area contributed by atoms with Gasteiger partial charge in [0.25, 0.3) is 0 Å². The first-order chi connectivity index (χ1) is 14.8. The molecule has 1 aromatic carbocycles. The zero-order valence-electron chi connectivity index (χ0n) is 17.6. The Morgan fingerprint density at radius 3 is 2.48 bits per heavy atom. The lowest BCUT2D eigenvalue weighted by Gasteiger charge is -2.31. The van der Waals surface area contributed by atoms with E-state index in [0.717, 1.165) is 21.8 Å². The van der Waals surface area contributed by atoms with Gasteiger partial charge >= 0.3 is 0 Å². The van der Waals surface area contributed by atoms with Crippen LogP contribution in [0.5, 0.6) is 0 Å². The number of hydrogen-bond acceptors (Lipinski definition) is 5. The van der Waals surface area contributed by atoms with E-state index in [0.29, 0.717) is 32.5 Å².